The van der Waals surface area contributed by atoms with Gasteiger partial charge in [0, 0.05) is 19.8 Å². The van der Waals surface area contributed by atoms with E-state index in [1.807, 2.05) is 6.92 Å². The van der Waals surface area contributed by atoms with Crippen molar-refractivity contribution in [3.8, 4) is 0 Å². The van der Waals surface area contributed by atoms with E-state index < -0.39 is 0 Å². The van der Waals surface area contributed by atoms with Gasteiger partial charge in [-0.25, -0.2) is 9.28 Å². The first-order chi connectivity index (χ1) is 6.43. The molecule has 2 aliphatic rings. The summed E-state index contributed by atoms with van der Waals surface area (Å²) in [5, 5.41) is 0. The summed E-state index contributed by atoms with van der Waals surface area (Å²) < 4.78 is 0.588. The van der Waals surface area contributed by atoms with Gasteiger partial charge in [-0.05, 0) is 5.92 Å². The third-order valence-electron chi connectivity index (χ3n) is 4.04. The Morgan fingerprint density at radius 2 is 2.29 bits per heavy atom. The van der Waals surface area contributed by atoms with Crippen LogP contribution in [0.1, 0.15) is 40.0 Å². The minimum absolute atomic E-state index is 0.266. The minimum Gasteiger partial charge on any atom is -0.274 e. The molecule has 0 bridgehead atoms. The van der Waals surface area contributed by atoms with Crippen LogP contribution in [0.4, 0.5) is 0 Å². The first kappa shape index (κ1) is 10.1. The second-order valence-corrected chi connectivity index (χ2v) is 5.46. The number of hydrogen-bond acceptors (Lipinski definition) is 2. The topological polar surface area (TPSA) is 43.1 Å². The zero-order valence-electron chi connectivity index (χ0n) is 9.42. The summed E-state index contributed by atoms with van der Waals surface area (Å²) in [6.07, 6.45) is 2.85. The largest absolute Gasteiger partial charge is 0.316 e. The fourth-order valence-electron chi connectivity index (χ4n) is 3.23. The molecule has 2 saturated heterocycles. The monoisotopic (exact) mass is 197 g/mol. The van der Waals surface area contributed by atoms with Gasteiger partial charge in [-0.2, -0.15) is 0 Å². The van der Waals surface area contributed by atoms with Gasteiger partial charge >= 0.3 is 5.91 Å². The summed E-state index contributed by atoms with van der Waals surface area (Å²) in [6.45, 7) is 7.42. The van der Waals surface area contributed by atoms with Crippen molar-refractivity contribution < 1.29 is 9.28 Å². The highest BCUT2D eigenvalue weighted by Crippen LogP contribution is 2.53. The van der Waals surface area contributed by atoms with Crippen molar-refractivity contribution in [2.24, 2.45) is 11.7 Å². The number of nitrogens with two attached hydrogens (primary N) is 1. The van der Waals surface area contributed by atoms with E-state index in [0.29, 0.717) is 22.3 Å². The molecule has 1 spiro atoms. The number of carbonyl (C=O) groups is 1. The molecule has 2 N–H and O–H groups in total. The molecule has 80 valence electrons. The number of nitrogens with zero attached hydrogens (tertiary/aromatic N) is 1. The Labute approximate surface area is 85.8 Å². The standard InChI is InChI=1S/C11H21N2O/c1-8(2)7-9-11(3,12)13(9)6-4-5-10(13)14/h8-9H,4-7,12H2,1-3H3/q+1. The van der Waals surface area contributed by atoms with E-state index in [4.69, 9.17) is 5.73 Å². The molecule has 2 fully saturated rings. The molecule has 2 rings (SSSR count). The highest BCUT2D eigenvalue weighted by Gasteiger charge is 2.78. The van der Waals surface area contributed by atoms with E-state index in [1.54, 1.807) is 0 Å². The van der Waals surface area contributed by atoms with Crippen LogP contribution < -0.4 is 5.73 Å². The van der Waals surface area contributed by atoms with Crippen molar-refractivity contribution in [3.05, 3.63) is 0 Å². The molecule has 14 heavy (non-hydrogen) atoms. The molecule has 2 heterocycles. The Morgan fingerprint density at radius 1 is 1.64 bits per heavy atom. The summed E-state index contributed by atoms with van der Waals surface area (Å²) >= 11 is 0. The second kappa shape index (κ2) is 2.80. The van der Waals surface area contributed by atoms with Gasteiger partial charge in [0.15, 0.2) is 6.04 Å². The average molecular weight is 197 g/mol. The van der Waals surface area contributed by atoms with Gasteiger partial charge in [-0.15, -0.1) is 0 Å². The highest BCUT2D eigenvalue weighted by atomic mass is 16.2. The summed E-state index contributed by atoms with van der Waals surface area (Å²) in [5.41, 5.74) is 5.97. The van der Waals surface area contributed by atoms with Gasteiger partial charge < -0.3 is 0 Å². The van der Waals surface area contributed by atoms with E-state index in [2.05, 4.69) is 13.8 Å². The van der Waals surface area contributed by atoms with Gasteiger partial charge in [0.05, 0.1) is 13.0 Å². The SMILES string of the molecule is CC(C)CC1C(C)(N)[N+]12CCCC2=O. The van der Waals surface area contributed by atoms with Crippen molar-refractivity contribution >= 4 is 5.91 Å². The molecule has 0 aromatic rings. The first-order valence-corrected chi connectivity index (χ1v) is 5.63. The molecule has 0 radical (unpaired) electrons. The zero-order valence-corrected chi connectivity index (χ0v) is 9.42. The van der Waals surface area contributed by atoms with Crippen molar-refractivity contribution in [3.63, 3.8) is 0 Å². The number of carbonyl (C=O) groups excluding carboxylic acids is 1. The third kappa shape index (κ3) is 1.03. The Hall–Kier alpha value is -0.410. The molecule has 0 aromatic carbocycles. The molecule has 2 aliphatic heterocycles. The van der Waals surface area contributed by atoms with Crippen molar-refractivity contribution in [2.75, 3.05) is 6.54 Å². The van der Waals surface area contributed by atoms with Crippen LogP contribution >= 0.6 is 0 Å². The summed E-state index contributed by atoms with van der Waals surface area (Å²) in [5.74, 6) is 1.01. The van der Waals surface area contributed by atoms with Gasteiger partial charge in [0.2, 0.25) is 5.66 Å². The lowest BCUT2D eigenvalue weighted by Crippen LogP contribution is -2.40. The Bertz CT molecular complexity index is 272. The number of quaternary nitrogens is 1. The lowest BCUT2D eigenvalue weighted by molar-refractivity contribution is -0.753. The molecule has 1 amide bonds. The molecular formula is C11H21N2O+. The predicted molar refractivity (Wildman–Crippen MR) is 55.2 cm³/mol. The lowest BCUT2D eigenvalue weighted by atomic mass is 10.1. The van der Waals surface area contributed by atoms with E-state index in [0.717, 1.165) is 25.8 Å². The number of rotatable bonds is 2. The number of amides is 1. The van der Waals surface area contributed by atoms with Crippen LogP contribution in [0, 0.1) is 5.92 Å². The van der Waals surface area contributed by atoms with Crippen LogP contribution in [-0.4, -0.2) is 28.6 Å². The zero-order chi connectivity index (χ0) is 10.6. The maximum Gasteiger partial charge on any atom is 0.316 e. The third-order valence-corrected chi connectivity index (χ3v) is 4.04. The normalized spacial score (nSPS) is 46.6. The molecule has 3 unspecified atom stereocenters. The van der Waals surface area contributed by atoms with E-state index in [1.165, 1.54) is 0 Å². The molecular weight excluding hydrogens is 176 g/mol. The fourth-order valence-corrected chi connectivity index (χ4v) is 3.23. The van der Waals surface area contributed by atoms with Gasteiger partial charge in [0.1, 0.15) is 0 Å². The van der Waals surface area contributed by atoms with Crippen LogP contribution in [0.25, 0.3) is 0 Å². The van der Waals surface area contributed by atoms with Crippen LogP contribution in [-0.2, 0) is 4.79 Å². The van der Waals surface area contributed by atoms with Crippen LogP contribution in [0.5, 0.6) is 0 Å². The van der Waals surface area contributed by atoms with Crippen LogP contribution in [0.2, 0.25) is 0 Å². The quantitative estimate of drug-likeness (QED) is 0.534. The maximum absolute atomic E-state index is 11.9. The lowest BCUT2D eigenvalue weighted by Gasteiger charge is -2.13. The molecule has 0 saturated carbocycles. The smallest absolute Gasteiger partial charge is 0.274 e. The van der Waals surface area contributed by atoms with Gasteiger partial charge in [-0.1, -0.05) is 13.8 Å². The Morgan fingerprint density at radius 3 is 2.71 bits per heavy atom. The molecule has 0 aromatic heterocycles. The van der Waals surface area contributed by atoms with Gasteiger partial charge in [0.25, 0.3) is 0 Å². The summed E-state index contributed by atoms with van der Waals surface area (Å²) in [6, 6.07) is 0.387. The van der Waals surface area contributed by atoms with Crippen molar-refractivity contribution in [1.82, 2.24) is 0 Å². The average Bonchev–Trinajstić information content (AvgIpc) is 2.44. The van der Waals surface area contributed by atoms with E-state index in [-0.39, 0.29) is 5.66 Å². The van der Waals surface area contributed by atoms with Gasteiger partial charge in [-0.3, -0.25) is 5.73 Å². The predicted octanol–water partition coefficient (Wildman–Crippen LogP) is 1.23. The van der Waals surface area contributed by atoms with Crippen molar-refractivity contribution in [1.29, 1.82) is 0 Å². The summed E-state index contributed by atoms with van der Waals surface area (Å²) in [7, 11) is 0. The molecule has 3 atom stereocenters. The van der Waals surface area contributed by atoms with Crippen LogP contribution in [0.15, 0.2) is 0 Å². The molecule has 0 aliphatic carbocycles. The maximum atomic E-state index is 11.9. The first-order valence-electron chi connectivity index (χ1n) is 5.63. The fraction of sp³-hybridized carbons (Fsp3) is 0.909. The number of hydrogen-bond donors (Lipinski definition) is 1. The highest BCUT2D eigenvalue weighted by molar-refractivity contribution is 5.73. The Kier molecular flexibility index (Phi) is 2.02. The van der Waals surface area contributed by atoms with Crippen molar-refractivity contribution in [2.45, 2.75) is 51.7 Å². The molecule has 3 heteroatoms. The Balaban J connectivity index is 2.18. The molecule has 3 nitrogen and oxygen atoms in total. The second-order valence-electron chi connectivity index (χ2n) is 5.46. The van der Waals surface area contributed by atoms with Crippen LogP contribution in [0.3, 0.4) is 0 Å². The minimum atomic E-state index is -0.266. The van der Waals surface area contributed by atoms with E-state index >= 15 is 0 Å². The summed E-state index contributed by atoms with van der Waals surface area (Å²) in [4.78, 5) is 11.9. The van der Waals surface area contributed by atoms with E-state index in [9.17, 15) is 4.79 Å².